The molecule has 6 nitrogen and oxygen atoms in total. The van der Waals surface area contributed by atoms with Crippen LogP contribution in [-0.4, -0.2) is 8.42 Å². The molecule has 1 aliphatic rings. The summed E-state index contributed by atoms with van der Waals surface area (Å²) >= 11 is 5.98. The summed E-state index contributed by atoms with van der Waals surface area (Å²) in [7, 11) is -7.27. The number of anilines is 2. The lowest BCUT2D eigenvalue weighted by atomic mass is 10.2. The van der Waals surface area contributed by atoms with E-state index in [1.807, 2.05) is 60.7 Å². The molecule has 4 aromatic carbocycles. The minimum Gasteiger partial charge on any atom is -0.456 e. The lowest BCUT2D eigenvalue weighted by molar-refractivity contribution is 0.469. The molecular weight excluding hydrogens is 527 g/mol. The zero-order valence-electron chi connectivity index (χ0n) is 19.4. The van der Waals surface area contributed by atoms with Crippen molar-refractivity contribution in [3.05, 3.63) is 137 Å². The van der Waals surface area contributed by atoms with Gasteiger partial charge in [0.1, 0.15) is 11.5 Å². The first kappa shape index (κ1) is 24.9. The van der Waals surface area contributed by atoms with Crippen LogP contribution in [0.15, 0.2) is 126 Å². The minimum atomic E-state index is -3.91. The van der Waals surface area contributed by atoms with Crippen molar-refractivity contribution >= 4 is 51.8 Å². The van der Waals surface area contributed by atoms with Gasteiger partial charge in [-0.15, -0.1) is 0 Å². The Hall–Kier alpha value is -3.77. The van der Waals surface area contributed by atoms with Crippen molar-refractivity contribution in [3.63, 3.8) is 0 Å². The highest BCUT2D eigenvalue weighted by Crippen LogP contribution is 2.56. The Labute approximate surface area is 220 Å². The van der Waals surface area contributed by atoms with E-state index in [2.05, 4.69) is 9.81 Å². The fourth-order valence-electron chi connectivity index (χ4n) is 3.79. The second-order valence-corrected chi connectivity index (χ2v) is 12.6. The predicted octanol–water partition coefficient (Wildman–Crippen LogP) is 7.86. The fraction of sp³-hybridized carbons (Fsp3) is 0. The second-order valence-electron chi connectivity index (χ2n) is 8.29. The van der Waals surface area contributed by atoms with E-state index in [1.165, 1.54) is 18.2 Å². The molecule has 0 saturated heterocycles. The molecule has 186 valence electrons. The van der Waals surface area contributed by atoms with Gasteiger partial charge in [0.2, 0.25) is 7.29 Å². The van der Waals surface area contributed by atoms with Crippen LogP contribution in [0.1, 0.15) is 11.1 Å². The van der Waals surface area contributed by atoms with Gasteiger partial charge in [-0.25, -0.2) is 8.42 Å². The van der Waals surface area contributed by atoms with Gasteiger partial charge in [-0.1, -0.05) is 84.4 Å². The first-order valence-corrected chi connectivity index (χ1v) is 15.0. The maximum atomic E-state index is 14.1. The highest BCUT2D eigenvalue weighted by Gasteiger charge is 2.27. The molecule has 37 heavy (non-hydrogen) atoms. The summed E-state index contributed by atoms with van der Waals surface area (Å²) in [5.74, 6) is 4.01. The van der Waals surface area contributed by atoms with Crippen molar-refractivity contribution in [2.45, 2.75) is 4.90 Å². The summed E-state index contributed by atoms with van der Waals surface area (Å²) in [5, 5.41) is 3.46. The average Bonchev–Trinajstić information content (AvgIpc) is 2.89. The van der Waals surface area contributed by atoms with Crippen LogP contribution >= 0.6 is 18.9 Å². The maximum Gasteiger partial charge on any atom is 0.261 e. The second kappa shape index (κ2) is 10.3. The molecule has 0 unspecified atom stereocenters. The molecule has 2 N–H and O–H groups in total. The van der Waals surface area contributed by atoms with Crippen LogP contribution in [0.5, 0.6) is 0 Å². The zero-order chi connectivity index (χ0) is 25.9. The maximum absolute atomic E-state index is 14.1. The van der Waals surface area contributed by atoms with E-state index in [1.54, 1.807) is 42.0 Å². The molecule has 0 radical (unpaired) electrons. The number of hydrogen-bond donors (Lipinski definition) is 2. The van der Waals surface area contributed by atoms with Gasteiger partial charge in [0.15, 0.2) is 0 Å². The molecule has 1 aliphatic heterocycles. The van der Waals surface area contributed by atoms with E-state index >= 15 is 0 Å². The Morgan fingerprint density at radius 2 is 1.24 bits per heavy atom. The van der Waals surface area contributed by atoms with Crippen molar-refractivity contribution < 1.29 is 17.7 Å². The van der Waals surface area contributed by atoms with Crippen molar-refractivity contribution in [2.24, 2.45) is 0 Å². The predicted molar refractivity (Wildman–Crippen MR) is 150 cm³/mol. The molecule has 0 saturated carbocycles. The summed E-state index contributed by atoms with van der Waals surface area (Å²) in [4.78, 5) is 0.0110. The third kappa shape index (κ3) is 5.97. The van der Waals surface area contributed by atoms with E-state index in [-0.39, 0.29) is 4.90 Å². The molecule has 0 fully saturated rings. The van der Waals surface area contributed by atoms with E-state index in [0.29, 0.717) is 27.9 Å². The van der Waals surface area contributed by atoms with Crippen LogP contribution in [0.2, 0.25) is 5.02 Å². The Morgan fingerprint density at radius 3 is 1.84 bits per heavy atom. The van der Waals surface area contributed by atoms with Crippen LogP contribution < -0.4 is 9.81 Å². The monoisotopic (exact) mass is 548 g/mol. The highest BCUT2D eigenvalue weighted by molar-refractivity contribution is 7.92. The highest BCUT2D eigenvalue weighted by atomic mass is 35.5. The van der Waals surface area contributed by atoms with Gasteiger partial charge >= 0.3 is 0 Å². The van der Waals surface area contributed by atoms with Crippen molar-refractivity contribution in [1.82, 2.24) is 0 Å². The van der Waals surface area contributed by atoms with E-state index in [4.69, 9.17) is 16.3 Å². The summed E-state index contributed by atoms with van der Waals surface area (Å²) in [6.07, 6.45) is 0. The van der Waals surface area contributed by atoms with Crippen LogP contribution in [0, 0.1) is 0 Å². The third-order valence-electron chi connectivity index (χ3n) is 5.48. The summed E-state index contributed by atoms with van der Waals surface area (Å²) < 4.78 is 48.8. The molecule has 0 aromatic heterocycles. The number of ether oxygens (including phenoxy) is 1. The van der Waals surface area contributed by atoms with Crippen molar-refractivity contribution in [2.75, 3.05) is 9.81 Å². The number of hydrogen-bond acceptors (Lipinski definition) is 4. The number of halogens is 1. The topological polar surface area (TPSA) is 84.5 Å². The summed E-state index contributed by atoms with van der Waals surface area (Å²) in [5.41, 5.74) is 2.27. The quantitative estimate of drug-likeness (QED) is 0.230. The van der Waals surface area contributed by atoms with Gasteiger partial charge in [-0.3, -0.25) is 9.29 Å². The lowest BCUT2D eigenvalue weighted by Gasteiger charge is -2.24. The molecular formula is C28H22ClN2O4PS. The first-order valence-electron chi connectivity index (χ1n) is 11.3. The molecule has 0 amide bonds. The van der Waals surface area contributed by atoms with Gasteiger partial charge in [-0.05, 0) is 36.4 Å². The zero-order valence-corrected chi connectivity index (χ0v) is 21.9. The van der Waals surface area contributed by atoms with Gasteiger partial charge < -0.3 is 9.82 Å². The Morgan fingerprint density at radius 1 is 0.676 bits per heavy atom. The molecule has 4 aromatic rings. The van der Waals surface area contributed by atoms with Crippen molar-refractivity contribution in [3.8, 4) is 0 Å². The Balaban J connectivity index is 1.49. The number of nitrogens with one attached hydrogen (secondary N) is 2. The van der Waals surface area contributed by atoms with Crippen LogP contribution in [0.3, 0.4) is 0 Å². The molecule has 0 bridgehead atoms. The number of rotatable bonds is 7. The normalized spacial score (nSPS) is 14.6. The van der Waals surface area contributed by atoms with Crippen LogP contribution in [0.25, 0.3) is 11.5 Å². The van der Waals surface area contributed by atoms with Crippen LogP contribution in [-0.2, 0) is 19.3 Å². The molecule has 5 rings (SSSR count). The minimum absolute atomic E-state index is 0.0110. The van der Waals surface area contributed by atoms with Gasteiger partial charge in [0.05, 0.1) is 10.6 Å². The third-order valence-corrected chi connectivity index (χ3v) is 8.94. The average molecular weight is 549 g/mol. The van der Waals surface area contributed by atoms with E-state index in [9.17, 15) is 13.0 Å². The summed E-state index contributed by atoms with van der Waals surface area (Å²) in [6, 6.07) is 31.4. The SMILES string of the molecule is O=P1(Nc2cccc(S(=O)(=O)Nc3cccc(Cl)c3)c2)C=C(c2ccccc2)OC(c2ccccc2)=C1. The Bertz CT molecular complexity index is 1600. The largest absolute Gasteiger partial charge is 0.456 e. The Kier molecular flexibility index (Phi) is 6.94. The number of sulfonamides is 1. The van der Waals surface area contributed by atoms with Crippen LogP contribution in [0.4, 0.5) is 11.4 Å². The molecule has 9 heteroatoms. The molecule has 0 atom stereocenters. The molecule has 1 heterocycles. The van der Waals surface area contributed by atoms with Gasteiger partial charge in [0, 0.05) is 33.5 Å². The fourth-order valence-corrected chi connectivity index (χ4v) is 6.93. The first-order chi connectivity index (χ1) is 17.8. The van der Waals surface area contributed by atoms with E-state index in [0.717, 1.165) is 11.1 Å². The van der Waals surface area contributed by atoms with Gasteiger partial charge in [-0.2, -0.15) is 0 Å². The molecule has 0 spiro atoms. The van der Waals surface area contributed by atoms with Crippen molar-refractivity contribution in [1.29, 1.82) is 0 Å². The number of benzene rings is 4. The standard InChI is InChI=1S/C28H22ClN2O4PS/c29-23-13-7-15-25(17-23)31-37(33,34)26-16-8-14-24(18-26)30-36(32)19-27(21-9-3-1-4-10-21)35-28(20-36)22-11-5-2-6-12-22/h1-20,31H,(H,30,32). The molecule has 0 aliphatic carbocycles. The summed E-state index contributed by atoms with van der Waals surface area (Å²) in [6.45, 7) is 0. The smallest absolute Gasteiger partial charge is 0.261 e. The van der Waals surface area contributed by atoms with Gasteiger partial charge in [0.25, 0.3) is 10.0 Å². The lowest BCUT2D eigenvalue weighted by Crippen LogP contribution is -2.13. The van der Waals surface area contributed by atoms with E-state index < -0.39 is 17.3 Å².